The Bertz CT molecular complexity index is 404. The number of hydrogen-bond acceptors (Lipinski definition) is 2. The van der Waals surface area contributed by atoms with Crippen LogP contribution >= 0.6 is 0 Å². The number of hydrogen-bond donors (Lipinski definition) is 0. The molecule has 0 heterocycles. The van der Waals surface area contributed by atoms with Crippen LogP contribution in [0.3, 0.4) is 0 Å². The lowest BCUT2D eigenvalue weighted by molar-refractivity contribution is -0.142. The molecule has 0 bridgehead atoms. The first-order valence-electron chi connectivity index (χ1n) is 6.35. The Morgan fingerprint density at radius 3 is 2.39 bits per heavy atom. The lowest BCUT2D eigenvalue weighted by Crippen LogP contribution is -2.33. The molecule has 1 unspecified atom stereocenters. The first-order chi connectivity index (χ1) is 8.45. The maximum Gasteiger partial charge on any atom is 0.309 e. The second kappa shape index (κ2) is 6.54. The average molecular weight is 262 g/mol. The molecule has 0 amide bonds. The zero-order valence-electron chi connectivity index (χ0n) is 11.6. The van der Waals surface area contributed by atoms with Crippen molar-refractivity contribution >= 4 is 20.1 Å². The summed E-state index contributed by atoms with van der Waals surface area (Å²) in [7, 11) is -1.60. The van der Waals surface area contributed by atoms with E-state index >= 15 is 0 Å². The molecule has 0 aliphatic carbocycles. The van der Waals surface area contributed by atoms with E-state index in [1.54, 1.807) is 0 Å². The van der Waals surface area contributed by atoms with E-state index in [-0.39, 0.29) is 11.5 Å². The molecule has 98 valence electrons. The summed E-state index contributed by atoms with van der Waals surface area (Å²) < 4.78 is 5.16. The van der Waals surface area contributed by atoms with E-state index in [2.05, 4.69) is 19.6 Å². The standard InChI is InChI=1S/C15H22O2Si/c1-5-17-15(16)14(18(2,3)4)12-11-13-9-7-6-8-10-13/h6-12,14H,5H2,1-4H3/b12-11+. The van der Waals surface area contributed by atoms with Gasteiger partial charge >= 0.3 is 5.97 Å². The van der Waals surface area contributed by atoms with Gasteiger partial charge in [0.15, 0.2) is 0 Å². The van der Waals surface area contributed by atoms with E-state index in [1.807, 2.05) is 49.4 Å². The summed E-state index contributed by atoms with van der Waals surface area (Å²) in [5, 5.41) is 0. The molecular formula is C15H22O2Si. The summed E-state index contributed by atoms with van der Waals surface area (Å²) in [5.74, 6) is -0.0937. The Balaban J connectivity index is 2.86. The van der Waals surface area contributed by atoms with Crippen molar-refractivity contribution in [3.8, 4) is 0 Å². The first-order valence-corrected chi connectivity index (χ1v) is 9.92. The van der Waals surface area contributed by atoms with E-state index < -0.39 is 8.07 Å². The van der Waals surface area contributed by atoms with Crippen LogP contribution in [0.15, 0.2) is 36.4 Å². The van der Waals surface area contributed by atoms with Gasteiger partial charge in [-0.25, -0.2) is 0 Å². The van der Waals surface area contributed by atoms with Crippen molar-refractivity contribution in [2.75, 3.05) is 6.61 Å². The highest BCUT2D eigenvalue weighted by molar-refractivity contribution is 6.80. The van der Waals surface area contributed by atoms with Gasteiger partial charge in [0.25, 0.3) is 0 Å². The molecule has 0 saturated heterocycles. The summed E-state index contributed by atoms with van der Waals surface area (Å²) >= 11 is 0. The van der Waals surface area contributed by atoms with E-state index in [4.69, 9.17) is 4.74 Å². The van der Waals surface area contributed by atoms with Crippen molar-refractivity contribution in [2.45, 2.75) is 32.1 Å². The summed E-state index contributed by atoms with van der Waals surface area (Å²) in [5.41, 5.74) is 1.03. The molecule has 0 aliphatic heterocycles. The van der Waals surface area contributed by atoms with E-state index in [0.29, 0.717) is 6.61 Å². The Morgan fingerprint density at radius 1 is 1.28 bits per heavy atom. The molecule has 1 rings (SSSR count). The van der Waals surface area contributed by atoms with Gasteiger partial charge in [-0.2, -0.15) is 0 Å². The number of rotatable bonds is 5. The van der Waals surface area contributed by atoms with Crippen LogP contribution in [0.1, 0.15) is 12.5 Å². The van der Waals surface area contributed by atoms with Crippen molar-refractivity contribution in [3.05, 3.63) is 42.0 Å². The van der Waals surface area contributed by atoms with E-state index in [0.717, 1.165) is 5.56 Å². The molecule has 0 saturated carbocycles. The fourth-order valence-electron chi connectivity index (χ4n) is 1.72. The normalized spacial score (nSPS) is 13.6. The highest BCUT2D eigenvalue weighted by Gasteiger charge is 2.31. The molecule has 2 nitrogen and oxygen atoms in total. The number of carbonyl (C=O) groups excluding carboxylic acids is 1. The zero-order valence-corrected chi connectivity index (χ0v) is 12.6. The smallest absolute Gasteiger partial charge is 0.309 e. The van der Waals surface area contributed by atoms with Gasteiger partial charge in [0.1, 0.15) is 0 Å². The molecule has 1 aromatic carbocycles. The Kier molecular flexibility index (Phi) is 5.35. The van der Waals surface area contributed by atoms with E-state index in [9.17, 15) is 4.79 Å². The fourth-order valence-corrected chi connectivity index (χ4v) is 3.19. The molecule has 0 N–H and O–H groups in total. The van der Waals surface area contributed by atoms with Gasteiger partial charge in [-0.05, 0) is 12.5 Å². The van der Waals surface area contributed by atoms with Crippen LogP contribution in [0, 0.1) is 0 Å². The number of esters is 1. The van der Waals surface area contributed by atoms with Crippen LogP contribution in [0.4, 0.5) is 0 Å². The third kappa shape index (κ3) is 4.49. The van der Waals surface area contributed by atoms with Crippen LogP contribution in [0.25, 0.3) is 6.08 Å². The van der Waals surface area contributed by atoms with Gasteiger partial charge < -0.3 is 4.74 Å². The molecule has 1 aromatic rings. The molecular weight excluding hydrogens is 240 g/mol. The molecule has 0 fully saturated rings. The highest BCUT2D eigenvalue weighted by Crippen LogP contribution is 2.25. The van der Waals surface area contributed by atoms with Gasteiger partial charge in [-0.3, -0.25) is 4.79 Å². The summed E-state index contributed by atoms with van der Waals surface area (Å²) in [6, 6.07) is 10.0. The molecule has 0 aromatic heterocycles. The molecule has 3 heteroatoms. The van der Waals surface area contributed by atoms with Crippen LogP contribution < -0.4 is 0 Å². The van der Waals surface area contributed by atoms with Gasteiger partial charge in [0, 0.05) is 0 Å². The molecule has 1 atom stereocenters. The van der Waals surface area contributed by atoms with E-state index in [1.165, 1.54) is 0 Å². The van der Waals surface area contributed by atoms with Crippen LogP contribution in [-0.2, 0) is 9.53 Å². The largest absolute Gasteiger partial charge is 0.466 e. The number of benzene rings is 1. The average Bonchev–Trinajstić information content (AvgIpc) is 2.29. The Hall–Kier alpha value is -1.35. The molecule has 0 radical (unpaired) electrons. The van der Waals surface area contributed by atoms with Crippen molar-refractivity contribution < 1.29 is 9.53 Å². The van der Waals surface area contributed by atoms with Crippen LogP contribution in [0.2, 0.25) is 25.2 Å². The van der Waals surface area contributed by atoms with Crippen molar-refractivity contribution in [1.82, 2.24) is 0 Å². The fraction of sp³-hybridized carbons (Fsp3) is 0.400. The van der Waals surface area contributed by atoms with Gasteiger partial charge in [0.05, 0.1) is 20.2 Å². The van der Waals surface area contributed by atoms with Crippen LogP contribution in [-0.4, -0.2) is 20.7 Å². The van der Waals surface area contributed by atoms with Crippen molar-refractivity contribution in [3.63, 3.8) is 0 Å². The number of carbonyl (C=O) groups is 1. The topological polar surface area (TPSA) is 26.3 Å². The third-order valence-electron chi connectivity index (χ3n) is 2.75. The van der Waals surface area contributed by atoms with Crippen molar-refractivity contribution in [1.29, 1.82) is 0 Å². The Labute approximate surface area is 111 Å². The van der Waals surface area contributed by atoms with Crippen molar-refractivity contribution in [2.24, 2.45) is 0 Å². The first kappa shape index (κ1) is 14.7. The van der Waals surface area contributed by atoms with Gasteiger partial charge in [-0.15, -0.1) is 0 Å². The summed E-state index contributed by atoms with van der Waals surface area (Å²) in [6.45, 7) is 8.84. The highest BCUT2D eigenvalue weighted by atomic mass is 28.3. The monoisotopic (exact) mass is 262 g/mol. The minimum Gasteiger partial charge on any atom is -0.466 e. The maximum atomic E-state index is 12.0. The Morgan fingerprint density at radius 2 is 1.89 bits per heavy atom. The second-order valence-corrected chi connectivity index (χ2v) is 10.7. The second-order valence-electron chi connectivity index (χ2n) is 5.37. The molecule has 0 aliphatic rings. The third-order valence-corrected chi connectivity index (χ3v) is 5.05. The lowest BCUT2D eigenvalue weighted by Gasteiger charge is -2.24. The predicted molar refractivity (Wildman–Crippen MR) is 79.2 cm³/mol. The van der Waals surface area contributed by atoms with Gasteiger partial charge in [0.2, 0.25) is 0 Å². The maximum absolute atomic E-state index is 12.0. The lowest BCUT2D eigenvalue weighted by atomic mass is 10.2. The summed E-state index contributed by atoms with van der Waals surface area (Å²) in [4.78, 5) is 12.0. The minimum absolute atomic E-state index is 0.0855. The number of ether oxygens (including phenoxy) is 1. The predicted octanol–water partition coefficient (Wildman–Crippen LogP) is 3.97. The molecule has 18 heavy (non-hydrogen) atoms. The van der Waals surface area contributed by atoms with Gasteiger partial charge in [-0.1, -0.05) is 62.1 Å². The summed E-state index contributed by atoms with van der Waals surface area (Å²) in [6.07, 6.45) is 4.01. The van der Waals surface area contributed by atoms with Crippen LogP contribution in [0.5, 0.6) is 0 Å². The SMILES string of the molecule is CCOC(=O)C(/C=C/c1ccccc1)[Si](C)(C)C. The minimum atomic E-state index is -1.60. The quantitative estimate of drug-likeness (QED) is 0.593. The zero-order chi connectivity index (χ0) is 13.6. The molecule has 0 spiro atoms.